The van der Waals surface area contributed by atoms with Gasteiger partial charge >= 0.3 is 0 Å². The fourth-order valence-corrected chi connectivity index (χ4v) is 0.476. The zero-order chi connectivity index (χ0) is 7.82. The largest absolute Gasteiger partial charge is 0.386 e. The summed E-state index contributed by atoms with van der Waals surface area (Å²) in [4.78, 5) is 9.22. The lowest BCUT2D eigenvalue weighted by atomic mass is 10.3. The summed E-state index contributed by atoms with van der Waals surface area (Å²) in [7, 11) is 0. The summed E-state index contributed by atoms with van der Waals surface area (Å²) in [6.45, 7) is 2.87. The Kier molecular flexibility index (Phi) is 5.42. The van der Waals surface area contributed by atoms with Crippen molar-refractivity contribution in [2.75, 3.05) is 6.54 Å². The van der Waals surface area contributed by atoms with Gasteiger partial charge in [0.15, 0.2) is 0 Å². The number of nitrogens with zero attached hydrogens (tertiary/aromatic N) is 1. The zero-order valence-corrected chi connectivity index (χ0v) is 6.04. The smallest absolute Gasteiger partial charge is 0.249 e. The van der Waals surface area contributed by atoms with Crippen LogP contribution in [0.4, 0.5) is 0 Å². The van der Waals surface area contributed by atoms with E-state index in [1.807, 2.05) is 0 Å². The molecule has 0 saturated carbocycles. The number of nitro groups is 1. The second-order valence-electron chi connectivity index (χ2n) is 1.91. The minimum absolute atomic E-state index is 0.487. The Labute approximate surface area is 60.1 Å². The third-order valence-corrected chi connectivity index (χ3v) is 0.989. The molecule has 0 aromatic heterocycles. The zero-order valence-electron chi connectivity index (χ0n) is 6.04. The van der Waals surface area contributed by atoms with E-state index in [-0.39, 0.29) is 0 Å². The second kappa shape index (κ2) is 6.07. The summed E-state index contributed by atoms with van der Waals surface area (Å²) >= 11 is 0. The molecule has 0 aromatic rings. The van der Waals surface area contributed by atoms with Crippen LogP contribution in [-0.2, 0) is 0 Å². The predicted molar refractivity (Wildman–Crippen MR) is 39.0 cm³/mol. The molecule has 0 aliphatic heterocycles. The normalized spacial score (nSPS) is 10.1. The second-order valence-corrected chi connectivity index (χ2v) is 1.91. The highest BCUT2D eigenvalue weighted by molar-refractivity contribution is 4.68. The van der Waals surface area contributed by atoms with Crippen molar-refractivity contribution in [3.8, 4) is 0 Å². The number of rotatable bonds is 5. The topological polar surface area (TPSA) is 55.2 Å². The summed E-state index contributed by atoms with van der Waals surface area (Å²) in [5, 5.41) is 12.5. The van der Waals surface area contributed by atoms with E-state index >= 15 is 0 Å². The van der Waals surface area contributed by atoms with Crippen molar-refractivity contribution >= 4 is 0 Å². The Morgan fingerprint density at radius 2 is 2.40 bits per heavy atom. The molecule has 0 aliphatic rings. The molecule has 0 bridgehead atoms. The van der Waals surface area contributed by atoms with Crippen LogP contribution in [0.1, 0.15) is 19.8 Å². The van der Waals surface area contributed by atoms with Gasteiger partial charge in [-0.15, -0.1) is 0 Å². The van der Waals surface area contributed by atoms with Crippen LogP contribution < -0.4 is 5.32 Å². The molecule has 0 unspecified atom stereocenters. The minimum Gasteiger partial charge on any atom is -0.386 e. The molecule has 0 rings (SSSR count). The minimum atomic E-state index is -0.487. The van der Waals surface area contributed by atoms with Gasteiger partial charge in [0.05, 0.1) is 11.1 Å². The monoisotopic (exact) mass is 144 g/mol. The molecule has 4 nitrogen and oxygen atoms in total. The van der Waals surface area contributed by atoms with Gasteiger partial charge in [-0.2, -0.15) is 0 Å². The van der Waals surface area contributed by atoms with Gasteiger partial charge in [-0.3, -0.25) is 10.1 Å². The van der Waals surface area contributed by atoms with Crippen LogP contribution in [0.2, 0.25) is 0 Å². The molecule has 0 radical (unpaired) electrons. The summed E-state index contributed by atoms with van der Waals surface area (Å²) in [6, 6.07) is 0. The maximum atomic E-state index is 9.71. The molecule has 0 fully saturated rings. The fourth-order valence-electron chi connectivity index (χ4n) is 0.476. The van der Waals surface area contributed by atoms with E-state index in [0.717, 1.165) is 25.6 Å². The number of unbranched alkanes of at least 4 members (excludes halogenated alkanes) is 1. The third kappa shape index (κ3) is 6.94. The van der Waals surface area contributed by atoms with Crippen molar-refractivity contribution in [3.63, 3.8) is 0 Å². The summed E-state index contributed by atoms with van der Waals surface area (Å²) in [5.41, 5.74) is 0. The molecule has 58 valence electrons. The molecule has 0 heterocycles. The maximum absolute atomic E-state index is 9.71. The molecular weight excluding hydrogens is 132 g/mol. The average molecular weight is 144 g/mol. The Hall–Kier alpha value is -1.06. The van der Waals surface area contributed by atoms with Crippen LogP contribution in [0, 0.1) is 10.1 Å². The van der Waals surface area contributed by atoms with Gasteiger partial charge < -0.3 is 5.32 Å². The van der Waals surface area contributed by atoms with Crippen molar-refractivity contribution < 1.29 is 4.92 Å². The van der Waals surface area contributed by atoms with Gasteiger partial charge in [-0.25, -0.2) is 0 Å². The van der Waals surface area contributed by atoms with E-state index in [2.05, 4.69) is 12.2 Å². The lowest BCUT2D eigenvalue weighted by Gasteiger charge is -1.93. The molecule has 0 aromatic carbocycles. The fraction of sp³-hybridized carbons (Fsp3) is 0.667. The third-order valence-electron chi connectivity index (χ3n) is 0.989. The number of hydrogen-bond donors (Lipinski definition) is 1. The first kappa shape index (κ1) is 8.94. The van der Waals surface area contributed by atoms with Gasteiger partial charge in [0.1, 0.15) is 0 Å². The first-order chi connectivity index (χ1) is 4.77. The number of hydrogen-bond acceptors (Lipinski definition) is 3. The average Bonchev–Trinajstić information content (AvgIpc) is 1.87. The van der Waals surface area contributed by atoms with Gasteiger partial charge in [-0.1, -0.05) is 13.3 Å². The van der Waals surface area contributed by atoms with Crippen LogP contribution in [-0.4, -0.2) is 11.5 Å². The van der Waals surface area contributed by atoms with Gasteiger partial charge in [0.2, 0.25) is 6.20 Å². The van der Waals surface area contributed by atoms with Gasteiger partial charge in [-0.05, 0) is 6.42 Å². The Balaban J connectivity index is 3.10. The van der Waals surface area contributed by atoms with E-state index in [0.29, 0.717) is 0 Å². The molecule has 0 saturated heterocycles. The molecular formula is C6H12N2O2. The van der Waals surface area contributed by atoms with Crippen LogP contribution in [0.15, 0.2) is 12.4 Å². The lowest BCUT2D eigenvalue weighted by molar-refractivity contribution is -0.402. The van der Waals surface area contributed by atoms with Crippen molar-refractivity contribution in [3.05, 3.63) is 22.5 Å². The SMILES string of the molecule is CCCCN/C=C\[N+](=O)[O-]. The molecule has 0 atom stereocenters. The Morgan fingerprint density at radius 1 is 1.70 bits per heavy atom. The van der Waals surface area contributed by atoms with E-state index in [1.165, 1.54) is 6.20 Å². The quantitative estimate of drug-likeness (QED) is 0.357. The summed E-state index contributed by atoms with van der Waals surface area (Å²) in [5.74, 6) is 0. The van der Waals surface area contributed by atoms with Crippen molar-refractivity contribution in [1.82, 2.24) is 5.32 Å². The molecule has 4 heteroatoms. The first-order valence-electron chi connectivity index (χ1n) is 3.31. The molecule has 1 N–H and O–H groups in total. The van der Waals surface area contributed by atoms with Gasteiger partial charge in [0, 0.05) is 6.54 Å². The van der Waals surface area contributed by atoms with Crippen molar-refractivity contribution in [1.29, 1.82) is 0 Å². The van der Waals surface area contributed by atoms with Crippen LogP contribution in [0.5, 0.6) is 0 Å². The van der Waals surface area contributed by atoms with E-state index in [4.69, 9.17) is 0 Å². The highest BCUT2D eigenvalue weighted by Crippen LogP contribution is 1.81. The van der Waals surface area contributed by atoms with Crippen LogP contribution >= 0.6 is 0 Å². The van der Waals surface area contributed by atoms with E-state index in [1.54, 1.807) is 0 Å². The Morgan fingerprint density at radius 3 is 2.90 bits per heavy atom. The number of nitrogens with one attached hydrogen (secondary N) is 1. The van der Waals surface area contributed by atoms with Crippen molar-refractivity contribution in [2.24, 2.45) is 0 Å². The van der Waals surface area contributed by atoms with Gasteiger partial charge in [0.25, 0.3) is 0 Å². The first-order valence-corrected chi connectivity index (χ1v) is 3.31. The Bertz CT molecular complexity index is 123. The standard InChI is InChI=1S/C6H12N2O2/c1-2-3-4-7-5-6-8(9)10/h5-7H,2-4H2,1H3/b6-5-. The highest BCUT2D eigenvalue weighted by Gasteiger charge is 1.82. The lowest BCUT2D eigenvalue weighted by Crippen LogP contribution is -2.06. The predicted octanol–water partition coefficient (Wildman–Crippen LogP) is 1.12. The summed E-state index contributed by atoms with van der Waals surface area (Å²) in [6.07, 6.45) is 4.40. The summed E-state index contributed by atoms with van der Waals surface area (Å²) < 4.78 is 0. The molecule has 0 amide bonds. The molecule has 10 heavy (non-hydrogen) atoms. The van der Waals surface area contributed by atoms with Crippen LogP contribution in [0.3, 0.4) is 0 Å². The van der Waals surface area contributed by atoms with E-state index < -0.39 is 4.92 Å². The van der Waals surface area contributed by atoms with Crippen molar-refractivity contribution in [2.45, 2.75) is 19.8 Å². The van der Waals surface area contributed by atoms with Crippen LogP contribution in [0.25, 0.3) is 0 Å². The molecule has 0 spiro atoms. The molecule has 0 aliphatic carbocycles. The maximum Gasteiger partial charge on any atom is 0.249 e. The van der Waals surface area contributed by atoms with E-state index in [9.17, 15) is 10.1 Å². The highest BCUT2D eigenvalue weighted by atomic mass is 16.6.